The first-order valence-corrected chi connectivity index (χ1v) is 7.55. The normalized spacial score (nSPS) is 10.6. The molecule has 0 radical (unpaired) electrons. The zero-order valence-corrected chi connectivity index (χ0v) is 12.5. The molecule has 0 aromatic heterocycles. The molecule has 0 amide bonds. The first-order valence-electron chi connectivity index (χ1n) is 7.55. The van der Waals surface area contributed by atoms with Crippen LogP contribution in [0.4, 0.5) is 0 Å². The number of rotatable bonds is 2. The van der Waals surface area contributed by atoms with E-state index in [0.717, 1.165) is 21.9 Å². The predicted molar refractivity (Wildman–Crippen MR) is 94.7 cm³/mol. The molecule has 0 spiro atoms. The summed E-state index contributed by atoms with van der Waals surface area (Å²) >= 11 is 0. The molecule has 4 rings (SSSR count). The molecule has 0 aliphatic rings. The molecule has 108 valence electrons. The fraction of sp³-hybridized carbons (Fsp3) is 0. The SMILES string of the molecule is [N-]=[N+]=C(c1ccc2ccccc2c1)c1ccc2ccccc2c1. The van der Waals surface area contributed by atoms with Gasteiger partial charge in [0.1, 0.15) is 0 Å². The minimum Gasteiger partial charge on any atom is -0.361 e. The summed E-state index contributed by atoms with van der Waals surface area (Å²) in [5.74, 6) is 0. The molecule has 0 aliphatic carbocycles. The Labute approximate surface area is 134 Å². The third-order valence-corrected chi connectivity index (χ3v) is 4.15. The summed E-state index contributed by atoms with van der Waals surface area (Å²) in [6.45, 7) is 0. The van der Waals surface area contributed by atoms with Crippen LogP contribution in [0.25, 0.3) is 27.1 Å². The second-order valence-corrected chi connectivity index (χ2v) is 5.57. The highest BCUT2D eigenvalue weighted by Crippen LogP contribution is 2.21. The van der Waals surface area contributed by atoms with E-state index in [-0.39, 0.29) is 0 Å². The second kappa shape index (κ2) is 5.53. The lowest BCUT2D eigenvalue weighted by atomic mass is 9.97. The number of fused-ring (bicyclic) bond motifs is 2. The van der Waals surface area contributed by atoms with E-state index in [2.05, 4.69) is 53.3 Å². The lowest BCUT2D eigenvalue weighted by Crippen LogP contribution is -2.04. The minimum absolute atomic E-state index is 0.585. The summed E-state index contributed by atoms with van der Waals surface area (Å²) in [5, 5.41) is 4.61. The quantitative estimate of drug-likeness (QED) is 0.281. The van der Waals surface area contributed by atoms with Gasteiger partial charge in [0, 0.05) is 0 Å². The van der Waals surface area contributed by atoms with Gasteiger partial charge in [-0.25, -0.2) is 0 Å². The molecule has 0 heterocycles. The summed E-state index contributed by atoms with van der Waals surface area (Å²) in [6.07, 6.45) is 0. The van der Waals surface area contributed by atoms with Crippen LogP contribution < -0.4 is 0 Å². The van der Waals surface area contributed by atoms with Crippen molar-refractivity contribution in [2.24, 2.45) is 0 Å². The minimum atomic E-state index is 0.585. The van der Waals surface area contributed by atoms with Gasteiger partial charge in [-0.3, -0.25) is 0 Å². The summed E-state index contributed by atoms with van der Waals surface area (Å²) in [6, 6.07) is 28.5. The average Bonchev–Trinajstić information content (AvgIpc) is 2.62. The largest absolute Gasteiger partial charge is 0.361 e. The predicted octanol–water partition coefficient (Wildman–Crippen LogP) is 5.06. The number of benzene rings is 4. The number of hydrogen-bond acceptors (Lipinski definition) is 0. The van der Waals surface area contributed by atoms with Crippen LogP contribution in [0.1, 0.15) is 11.1 Å². The smallest absolute Gasteiger partial charge is 0.329 e. The molecule has 0 saturated carbocycles. The fourth-order valence-corrected chi connectivity index (χ4v) is 2.96. The highest BCUT2D eigenvalue weighted by molar-refractivity contribution is 6.12. The van der Waals surface area contributed by atoms with Crippen LogP contribution in [-0.2, 0) is 0 Å². The van der Waals surface area contributed by atoms with E-state index in [0.29, 0.717) is 5.71 Å². The molecule has 4 aromatic carbocycles. The van der Waals surface area contributed by atoms with E-state index in [4.69, 9.17) is 0 Å². The van der Waals surface area contributed by atoms with E-state index in [1.165, 1.54) is 10.8 Å². The summed E-state index contributed by atoms with van der Waals surface area (Å²) < 4.78 is 0. The van der Waals surface area contributed by atoms with E-state index >= 15 is 0 Å². The fourth-order valence-electron chi connectivity index (χ4n) is 2.96. The van der Waals surface area contributed by atoms with Gasteiger partial charge in [-0.15, -0.1) is 0 Å². The van der Waals surface area contributed by atoms with Gasteiger partial charge in [0.25, 0.3) is 0 Å². The van der Waals surface area contributed by atoms with Gasteiger partial charge in [-0.05, 0) is 45.8 Å². The van der Waals surface area contributed by atoms with Crippen molar-refractivity contribution in [2.75, 3.05) is 0 Å². The van der Waals surface area contributed by atoms with Crippen molar-refractivity contribution in [3.63, 3.8) is 0 Å². The maximum atomic E-state index is 9.57. The van der Waals surface area contributed by atoms with Crippen molar-refractivity contribution in [3.05, 3.63) is 102 Å². The van der Waals surface area contributed by atoms with Crippen molar-refractivity contribution >= 4 is 27.3 Å². The molecule has 0 aliphatic heterocycles. The Balaban J connectivity index is 1.87. The standard InChI is InChI=1S/C21H14N2/c22-23-21(19-11-9-15-5-1-3-7-17(15)13-19)20-12-10-16-6-2-4-8-18(16)14-20/h1-14H. The summed E-state index contributed by atoms with van der Waals surface area (Å²) in [7, 11) is 0. The highest BCUT2D eigenvalue weighted by Gasteiger charge is 2.16. The average molecular weight is 294 g/mol. The molecule has 0 fully saturated rings. The van der Waals surface area contributed by atoms with Crippen molar-refractivity contribution in [1.29, 1.82) is 0 Å². The van der Waals surface area contributed by atoms with Crippen LogP contribution >= 0.6 is 0 Å². The lowest BCUT2D eigenvalue weighted by molar-refractivity contribution is -0.00277. The van der Waals surface area contributed by atoms with Gasteiger partial charge < -0.3 is 5.53 Å². The third kappa shape index (κ3) is 2.42. The first-order chi connectivity index (χ1) is 11.3. The molecule has 2 heteroatoms. The van der Waals surface area contributed by atoms with Crippen molar-refractivity contribution in [1.82, 2.24) is 0 Å². The van der Waals surface area contributed by atoms with E-state index in [1.54, 1.807) is 0 Å². The molecular weight excluding hydrogens is 280 g/mol. The van der Waals surface area contributed by atoms with Crippen LogP contribution in [0.5, 0.6) is 0 Å². The zero-order valence-electron chi connectivity index (χ0n) is 12.5. The Bertz CT molecular complexity index is 992. The van der Waals surface area contributed by atoms with E-state index < -0.39 is 0 Å². The van der Waals surface area contributed by atoms with Gasteiger partial charge in [-0.1, -0.05) is 60.7 Å². The number of nitrogens with zero attached hydrogens (tertiary/aromatic N) is 2. The first kappa shape index (κ1) is 13.4. The topological polar surface area (TPSA) is 36.4 Å². The second-order valence-electron chi connectivity index (χ2n) is 5.57. The molecular formula is C21H14N2. The zero-order chi connectivity index (χ0) is 15.6. The molecule has 0 unspecified atom stereocenters. The van der Waals surface area contributed by atoms with Crippen LogP contribution in [-0.4, -0.2) is 10.5 Å². The molecule has 4 aromatic rings. The van der Waals surface area contributed by atoms with Crippen molar-refractivity contribution < 1.29 is 4.79 Å². The van der Waals surface area contributed by atoms with Crippen molar-refractivity contribution in [2.45, 2.75) is 0 Å². The maximum absolute atomic E-state index is 9.57. The Kier molecular flexibility index (Phi) is 3.23. The van der Waals surface area contributed by atoms with Gasteiger partial charge in [0.15, 0.2) is 0 Å². The molecule has 0 saturated heterocycles. The Morgan fingerprint density at radius 2 is 1.00 bits per heavy atom. The third-order valence-electron chi connectivity index (χ3n) is 4.15. The van der Waals surface area contributed by atoms with Crippen molar-refractivity contribution in [3.8, 4) is 0 Å². The van der Waals surface area contributed by atoms with E-state index in [9.17, 15) is 5.53 Å². The molecule has 23 heavy (non-hydrogen) atoms. The molecule has 2 nitrogen and oxygen atoms in total. The molecule has 0 atom stereocenters. The molecule has 0 bridgehead atoms. The van der Waals surface area contributed by atoms with Crippen LogP contribution in [0.2, 0.25) is 0 Å². The van der Waals surface area contributed by atoms with Gasteiger partial charge >= 0.3 is 5.71 Å². The highest BCUT2D eigenvalue weighted by atomic mass is 14.9. The number of hydrogen-bond donors (Lipinski definition) is 0. The van der Waals surface area contributed by atoms with Gasteiger partial charge in [-0.2, -0.15) is 4.79 Å². The summed E-state index contributed by atoms with van der Waals surface area (Å²) in [5.41, 5.74) is 12.0. The lowest BCUT2D eigenvalue weighted by Gasteiger charge is -2.03. The van der Waals surface area contributed by atoms with Crippen LogP contribution in [0, 0.1) is 0 Å². The Morgan fingerprint density at radius 1 is 0.565 bits per heavy atom. The van der Waals surface area contributed by atoms with E-state index in [1.807, 2.05) is 36.4 Å². The van der Waals surface area contributed by atoms with Crippen LogP contribution in [0.15, 0.2) is 84.9 Å². The van der Waals surface area contributed by atoms with Gasteiger partial charge in [0.2, 0.25) is 0 Å². The molecule has 0 N–H and O–H groups in total. The van der Waals surface area contributed by atoms with Gasteiger partial charge in [0.05, 0.1) is 11.1 Å². The monoisotopic (exact) mass is 294 g/mol. The Morgan fingerprint density at radius 3 is 1.43 bits per heavy atom. The summed E-state index contributed by atoms with van der Waals surface area (Å²) in [4.78, 5) is 3.56. The Hall–Kier alpha value is -3.22. The van der Waals surface area contributed by atoms with Crippen LogP contribution in [0.3, 0.4) is 0 Å². The maximum Gasteiger partial charge on any atom is 0.329 e.